The van der Waals surface area contributed by atoms with Crippen LogP contribution in [0, 0.1) is 0 Å². The zero-order valence-electron chi connectivity index (χ0n) is 15.5. The van der Waals surface area contributed by atoms with Crippen molar-refractivity contribution in [3.63, 3.8) is 0 Å². The minimum Gasteiger partial charge on any atom is -0.457 e. The average molecular weight is 438 g/mol. The van der Waals surface area contributed by atoms with Crippen LogP contribution in [0.2, 0.25) is 0 Å². The number of ether oxygens (including phenoxy) is 1. The highest BCUT2D eigenvalue weighted by Gasteiger charge is 2.11. The van der Waals surface area contributed by atoms with Crippen molar-refractivity contribution in [2.45, 2.75) is 4.34 Å². The van der Waals surface area contributed by atoms with Crippen molar-refractivity contribution in [3.8, 4) is 5.75 Å². The summed E-state index contributed by atoms with van der Waals surface area (Å²) in [7, 11) is 0. The molecule has 2 aromatic carbocycles. The summed E-state index contributed by atoms with van der Waals surface area (Å²) >= 11 is 2.93. The molecule has 0 aliphatic heterocycles. The largest absolute Gasteiger partial charge is 0.457 e. The first-order chi connectivity index (χ1) is 14.7. The van der Waals surface area contributed by atoms with Gasteiger partial charge in [0.05, 0.1) is 28.4 Å². The van der Waals surface area contributed by atoms with E-state index in [0.29, 0.717) is 5.75 Å². The Labute approximate surface area is 179 Å². The third kappa shape index (κ3) is 5.13. The lowest BCUT2D eigenvalue weighted by molar-refractivity contribution is -0.118. The van der Waals surface area contributed by atoms with Crippen LogP contribution in [-0.2, 0) is 4.79 Å². The second kappa shape index (κ2) is 9.38. The maximum Gasteiger partial charge on any atom is 0.379 e. The Balaban J connectivity index is 1.24. The maximum absolute atomic E-state index is 12.0. The van der Waals surface area contributed by atoms with Gasteiger partial charge in [-0.15, -0.1) is 11.3 Å². The molecule has 0 bridgehead atoms. The van der Waals surface area contributed by atoms with Crippen LogP contribution in [-0.4, -0.2) is 28.8 Å². The molecule has 1 amide bonds. The Hall–Kier alpha value is -3.43. The van der Waals surface area contributed by atoms with Gasteiger partial charge in [0.25, 0.3) is 5.91 Å². The number of hydrazone groups is 1. The van der Waals surface area contributed by atoms with Gasteiger partial charge in [-0.2, -0.15) is 5.10 Å². The van der Waals surface area contributed by atoms with Crippen LogP contribution in [0.4, 0.5) is 0 Å². The van der Waals surface area contributed by atoms with Gasteiger partial charge < -0.3 is 9.15 Å². The van der Waals surface area contributed by atoms with Gasteiger partial charge in [-0.05, 0) is 54.1 Å². The molecule has 7 nitrogen and oxygen atoms in total. The lowest BCUT2D eigenvalue weighted by Crippen LogP contribution is -2.19. The summed E-state index contributed by atoms with van der Waals surface area (Å²) in [5.41, 5.74) is 4.16. The second-order valence-corrected chi connectivity index (χ2v) is 8.22. The van der Waals surface area contributed by atoms with Crippen LogP contribution in [0.1, 0.15) is 16.1 Å². The molecule has 0 spiro atoms. The van der Waals surface area contributed by atoms with E-state index in [-0.39, 0.29) is 17.4 Å². The van der Waals surface area contributed by atoms with Crippen molar-refractivity contribution in [1.82, 2.24) is 10.4 Å². The van der Waals surface area contributed by atoms with E-state index < -0.39 is 5.97 Å². The number of amides is 1. The average Bonchev–Trinajstić information content (AvgIpc) is 3.43. The number of nitrogens with one attached hydrogen (secondary N) is 1. The Kier molecular flexibility index (Phi) is 6.21. The van der Waals surface area contributed by atoms with Crippen molar-refractivity contribution in [3.05, 3.63) is 78.3 Å². The molecule has 2 heterocycles. The number of rotatable bonds is 7. The number of aromatic nitrogens is 1. The number of furan rings is 1. The molecule has 150 valence electrons. The number of carbonyl (C=O) groups is 2. The van der Waals surface area contributed by atoms with Crippen LogP contribution in [0.15, 0.2) is 80.8 Å². The lowest BCUT2D eigenvalue weighted by atomic mass is 10.2. The zero-order valence-corrected chi connectivity index (χ0v) is 17.1. The predicted octanol–water partition coefficient (Wildman–Crippen LogP) is 4.35. The van der Waals surface area contributed by atoms with Crippen molar-refractivity contribution in [2.24, 2.45) is 5.10 Å². The predicted molar refractivity (Wildman–Crippen MR) is 116 cm³/mol. The van der Waals surface area contributed by atoms with Crippen LogP contribution in [0.25, 0.3) is 10.2 Å². The van der Waals surface area contributed by atoms with Gasteiger partial charge in [-0.25, -0.2) is 15.2 Å². The molecular weight excluding hydrogens is 422 g/mol. The molecule has 0 fully saturated rings. The summed E-state index contributed by atoms with van der Waals surface area (Å²) in [6.45, 7) is 0. The fourth-order valence-corrected chi connectivity index (χ4v) is 4.29. The van der Waals surface area contributed by atoms with Gasteiger partial charge in [0.15, 0.2) is 4.34 Å². The molecular formula is C21H15N3O4S2. The first-order valence-electron chi connectivity index (χ1n) is 8.83. The maximum atomic E-state index is 12.0. The summed E-state index contributed by atoms with van der Waals surface area (Å²) in [5.74, 6) is -0.0607. The van der Waals surface area contributed by atoms with E-state index in [9.17, 15) is 9.59 Å². The monoisotopic (exact) mass is 437 g/mol. The smallest absolute Gasteiger partial charge is 0.379 e. The van der Waals surface area contributed by atoms with E-state index >= 15 is 0 Å². The van der Waals surface area contributed by atoms with Gasteiger partial charge in [0.1, 0.15) is 5.75 Å². The minimum absolute atomic E-state index is 0.132. The Morgan fingerprint density at radius 2 is 1.97 bits per heavy atom. The molecule has 4 aromatic rings. The molecule has 1 N–H and O–H groups in total. The van der Waals surface area contributed by atoms with E-state index in [2.05, 4.69) is 15.5 Å². The highest BCUT2D eigenvalue weighted by Crippen LogP contribution is 2.29. The number of benzene rings is 2. The third-order valence-electron chi connectivity index (χ3n) is 3.82. The van der Waals surface area contributed by atoms with Crippen molar-refractivity contribution >= 4 is 51.4 Å². The van der Waals surface area contributed by atoms with Crippen molar-refractivity contribution in [2.75, 3.05) is 5.75 Å². The number of carbonyl (C=O) groups excluding carboxylic acids is 2. The van der Waals surface area contributed by atoms with Crippen LogP contribution in [0.3, 0.4) is 0 Å². The summed E-state index contributed by atoms with van der Waals surface area (Å²) in [6.07, 6.45) is 2.92. The third-order valence-corrected chi connectivity index (χ3v) is 6.00. The molecule has 0 aliphatic carbocycles. The highest BCUT2D eigenvalue weighted by atomic mass is 32.2. The van der Waals surface area contributed by atoms with Gasteiger partial charge >= 0.3 is 5.97 Å². The summed E-state index contributed by atoms with van der Waals surface area (Å²) < 4.78 is 12.1. The summed E-state index contributed by atoms with van der Waals surface area (Å²) in [4.78, 5) is 28.3. The van der Waals surface area contributed by atoms with E-state index in [0.717, 1.165) is 20.1 Å². The quantitative estimate of drug-likeness (QED) is 0.152. The van der Waals surface area contributed by atoms with Gasteiger partial charge in [-0.3, -0.25) is 4.79 Å². The number of hydrogen-bond donors (Lipinski definition) is 1. The number of nitrogens with zero attached hydrogens (tertiary/aromatic N) is 2. The number of para-hydroxylation sites is 1. The number of esters is 1. The SMILES string of the molecule is O=C(CSc1nc2ccccc2s1)N/N=C/c1ccc(OC(=O)c2ccco2)cc1. The lowest BCUT2D eigenvalue weighted by Gasteiger charge is -2.02. The number of thiazole rings is 1. The molecule has 0 saturated carbocycles. The fraction of sp³-hybridized carbons (Fsp3) is 0.0476. The summed E-state index contributed by atoms with van der Waals surface area (Å²) in [6, 6.07) is 17.7. The van der Waals surface area contributed by atoms with E-state index in [4.69, 9.17) is 9.15 Å². The fourth-order valence-electron chi connectivity index (χ4n) is 2.43. The first-order valence-corrected chi connectivity index (χ1v) is 10.6. The molecule has 30 heavy (non-hydrogen) atoms. The minimum atomic E-state index is -0.570. The number of hydrogen-bond acceptors (Lipinski definition) is 8. The van der Waals surface area contributed by atoms with Gasteiger partial charge in [0, 0.05) is 0 Å². The molecule has 0 atom stereocenters. The van der Waals surface area contributed by atoms with Gasteiger partial charge in [0.2, 0.25) is 5.76 Å². The second-order valence-electron chi connectivity index (χ2n) is 5.97. The van der Waals surface area contributed by atoms with Crippen molar-refractivity contribution in [1.29, 1.82) is 0 Å². The number of thioether (sulfide) groups is 1. The van der Waals surface area contributed by atoms with Crippen LogP contribution >= 0.6 is 23.1 Å². The topological polar surface area (TPSA) is 93.8 Å². The van der Waals surface area contributed by atoms with Crippen LogP contribution in [0.5, 0.6) is 5.75 Å². The molecule has 0 aliphatic rings. The van der Waals surface area contributed by atoms with Gasteiger partial charge in [-0.1, -0.05) is 23.9 Å². The Bertz CT molecular complexity index is 1150. The van der Waals surface area contributed by atoms with Crippen molar-refractivity contribution < 1.29 is 18.7 Å². The first kappa shape index (κ1) is 19.9. The highest BCUT2D eigenvalue weighted by molar-refractivity contribution is 8.01. The number of fused-ring (bicyclic) bond motifs is 1. The Morgan fingerprint density at radius 3 is 2.73 bits per heavy atom. The normalized spacial score (nSPS) is 11.1. The van der Waals surface area contributed by atoms with Crippen LogP contribution < -0.4 is 10.2 Å². The molecule has 0 saturated heterocycles. The summed E-state index contributed by atoms with van der Waals surface area (Å²) in [5, 5.41) is 3.95. The molecule has 0 unspecified atom stereocenters. The molecule has 4 rings (SSSR count). The zero-order chi connectivity index (χ0) is 20.8. The van der Waals surface area contributed by atoms with E-state index in [1.807, 2.05) is 24.3 Å². The molecule has 9 heteroatoms. The van der Waals surface area contributed by atoms with E-state index in [1.54, 1.807) is 41.7 Å². The molecule has 2 aromatic heterocycles. The molecule has 0 radical (unpaired) electrons. The Morgan fingerprint density at radius 1 is 1.13 bits per heavy atom. The standard InChI is InChI=1S/C21H15N3O4S2/c25-19(13-29-21-23-16-4-1-2-6-18(16)30-21)24-22-12-14-7-9-15(10-8-14)28-20(26)17-5-3-11-27-17/h1-12H,13H2,(H,24,25)/b22-12+. The van der Waals surface area contributed by atoms with E-state index in [1.165, 1.54) is 30.3 Å².